The predicted octanol–water partition coefficient (Wildman–Crippen LogP) is 5.63. The first-order valence-electron chi connectivity index (χ1n) is 10.7. The van der Waals surface area contributed by atoms with Crippen LogP contribution >= 0.6 is 0 Å². The van der Waals surface area contributed by atoms with Crippen LogP contribution in [0.2, 0.25) is 0 Å². The van der Waals surface area contributed by atoms with Crippen LogP contribution in [0, 0.1) is 0 Å². The lowest BCUT2D eigenvalue weighted by Crippen LogP contribution is -2.10. The van der Waals surface area contributed by atoms with E-state index < -0.39 is 6.10 Å². The summed E-state index contributed by atoms with van der Waals surface area (Å²) in [5, 5.41) is 10.7. The maximum Gasteiger partial charge on any atom is 0.137 e. The molecule has 0 aliphatic rings. The van der Waals surface area contributed by atoms with E-state index in [1.807, 2.05) is 61.5 Å². The Morgan fingerprint density at radius 2 is 1.81 bits per heavy atom. The van der Waals surface area contributed by atoms with Gasteiger partial charge in [0.05, 0.1) is 23.0 Å². The molecule has 1 atom stereocenters. The number of aromatic nitrogens is 2. The molecule has 4 nitrogen and oxygen atoms in total. The predicted molar refractivity (Wildman–Crippen MR) is 125 cm³/mol. The quantitative estimate of drug-likeness (QED) is 0.409. The Morgan fingerprint density at radius 1 is 1.00 bits per heavy atom. The summed E-state index contributed by atoms with van der Waals surface area (Å²) in [6.07, 6.45) is 3.35. The van der Waals surface area contributed by atoms with Gasteiger partial charge in [0.25, 0.3) is 0 Å². The van der Waals surface area contributed by atoms with E-state index in [0.717, 1.165) is 39.0 Å². The SMILES string of the molecule is CCC(O)CCC(=O)Cc1ccc2nc(-c3ccccn3)c(-c3ccccc3)cc2c1. The molecule has 0 fully saturated rings. The molecule has 0 saturated heterocycles. The van der Waals surface area contributed by atoms with Gasteiger partial charge >= 0.3 is 0 Å². The number of ketones is 1. The lowest BCUT2D eigenvalue weighted by atomic mass is 9.97. The fourth-order valence-electron chi connectivity index (χ4n) is 3.72. The number of aliphatic hydroxyl groups is 1. The minimum absolute atomic E-state index is 0.146. The van der Waals surface area contributed by atoms with Crippen LogP contribution in [0.1, 0.15) is 31.7 Å². The Hall–Kier alpha value is -3.37. The number of aliphatic hydroxyl groups excluding tert-OH is 1. The zero-order valence-corrected chi connectivity index (χ0v) is 17.7. The van der Waals surface area contributed by atoms with Gasteiger partial charge in [-0.2, -0.15) is 0 Å². The third-order valence-corrected chi connectivity index (χ3v) is 5.50. The van der Waals surface area contributed by atoms with Crippen LogP contribution in [0.3, 0.4) is 0 Å². The van der Waals surface area contributed by atoms with Crippen molar-refractivity contribution >= 4 is 16.7 Å². The lowest BCUT2D eigenvalue weighted by Gasteiger charge is -2.12. The van der Waals surface area contributed by atoms with E-state index in [-0.39, 0.29) is 5.78 Å². The Labute approximate surface area is 182 Å². The Kier molecular flexibility index (Phi) is 6.48. The summed E-state index contributed by atoms with van der Waals surface area (Å²) >= 11 is 0. The number of Topliss-reactive ketones (excluding diaryl/α,β-unsaturated/α-hetero) is 1. The van der Waals surface area contributed by atoms with Gasteiger partial charge in [0.2, 0.25) is 0 Å². The van der Waals surface area contributed by atoms with Crippen molar-refractivity contribution in [2.24, 2.45) is 0 Å². The van der Waals surface area contributed by atoms with E-state index in [2.05, 4.69) is 23.2 Å². The topological polar surface area (TPSA) is 63.1 Å². The van der Waals surface area contributed by atoms with Crippen molar-refractivity contribution < 1.29 is 9.90 Å². The van der Waals surface area contributed by atoms with Crippen LogP contribution in [0.4, 0.5) is 0 Å². The molecule has 1 N–H and O–H groups in total. The summed E-state index contributed by atoms with van der Waals surface area (Å²) in [6.45, 7) is 1.93. The first-order chi connectivity index (χ1) is 15.1. The Balaban J connectivity index is 1.70. The third kappa shape index (κ3) is 5.04. The van der Waals surface area contributed by atoms with Gasteiger partial charge in [0, 0.05) is 30.0 Å². The van der Waals surface area contributed by atoms with Crippen LogP contribution in [-0.4, -0.2) is 27.0 Å². The van der Waals surface area contributed by atoms with Crippen molar-refractivity contribution in [3.63, 3.8) is 0 Å². The minimum atomic E-state index is -0.400. The van der Waals surface area contributed by atoms with Crippen molar-refractivity contribution in [2.45, 2.75) is 38.7 Å². The molecular weight excluding hydrogens is 384 g/mol. The van der Waals surface area contributed by atoms with E-state index in [4.69, 9.17) is 4.98 Å². The first-order valence-corrected chi connectivity index (χ1v) is 10.7. The molecule has 0 bridgehead atoms. The smallest absolute Gasteiger partial charge is 0.137 e. The number of carbonyl (C=O) groups excluding carboxylic acids is 1. The molecule has 0 aliphatic heterocycles. The largest absolute Gasteiger partial charge is 0.393 e. The van der Waals surface area contributed by atoms with Crippen molar-refractivity contribution in [1.29, 1.82) is 0 Å². The highest BCUT2D eigenvalue weighted by molar-refractivity contribution is 5.92. The van der Waals surface area contributed by atoms with E-state index in [9.17, 15) is 9.90 Å². The van der Waals surface area contributed by atoms with Crippen molar-refractivity contribution in [3.8, 4) is 22.5 Å². The fourth-order valence-corrected chi connectivity index (χ4v) is 3.72. The van der Waals surface area contributed by atoms with Gasteiger partial charge < -0.3 is 5.11 Å². The van der Waals surface area contributed by atoms with Crippen LogP contribution in [0.5, 0.6) is 0 Å². The number of hydrogen-bond acceptors (Lipinski definition) is 4. The second-order valence-electron chi connectivity index (χ2n) is 7.81. The molecule has 156 valence electrons. The Morgan fingerprint density at radius 3 is 2.55 bits per heavy atom. The average Bonchev–Trinajstić information content (AvgIpc) is 2.82. The summed E-state index contributed by atoms with van der Waals surface area (Å²) in [7, 11) is 0. The molecule has 0 amide bonds. The summed E-state index contributed by atoms with van der Waals surface area (Å²) in [5.74, 6) is 0.146. The molecule has 0 saturated carbocycles. The molecule has 1 unspecified atom stereocenters. The lowest BCUT2D eigenvalue weighted by molar-refractivity contribution is -0.119. The number of fused-ring (bicyclic) bond motifs is 1. The summed E-state index contributed by atoms with van der Waals surface area (Å²) < 4.78 is 0. The minimum Gasteiger partial charge on any atom is -0.393 e. The number of rotatable bonds is 8. The number of hydrogen-bond donors (Lipinski definition) is 1. The number of benzene rings is 2. The van der Waals surface area contributed by atoms with E-state index in [0.29, 0.717) is 25.7 Å². The first kappa shape index (κ1) is 20.9. The normalized spacial score (nSPS) is 12.1. The molecule has 4 heteroatoms. The van der Waals surface area contributed by atoms with Gasteiger partial charge in [-0.15, -0.1) is 0 Å². The van der Waals surface area contributed by atoms with Gasteiger partial charge in [-0.1, -0.05) is 49.4 Å². The van der Waals surface area contributed by atoms with Gasteiger partial charge in [0.15, 0.2) is 0 Å². The third-order valence-electron chi connectivity index (χ3n) is 5.50. The molecule has 4 rings (SSSR count). The van der Waals surface area contributed by atoms with Gasteiger partial charge in [-0.3, -0.25) is 9.78 Å². The number of pyridine rings is 2. The van der Waals surface area contributed by atoms with Crippen LogP contribution in [0.15, 0.2) is 79.0 Å². The van der Waals surface area contributed by atoms with Crippen LogP contribution in [-0.2, 0) is 11.2 Å². The van der Waals surface area contributed by atoms with Crippen molar-refractivity contribution in [1.82, 2.24) is 9.97 Å². The maximum absolute atomic E-state index is 12.4. The fraction of sp³-hybridized carbons (Fsp3) is 0.222. The summed E-state index contributed by atoms with van der Waals surface area (Å²) in [6, 6.07) is 24.1. The molecule has 2 aromatic carbocycles. The van der Waals surface area contributed by atoms with Crippen molar-refractivity contribution in [3.05, 3.63) is 84.6 Å². The monoisotopic (exact) mass is 410 g/mol. The zero-order chi connectivity index (χ0) is 21.6. The standard InChI is InChI=1S/C27H26N2O2/c1-2-22(30)12-13-23(31)17-19-11-14-25-21(16-19)18-24(20-8-4-3-5-9-20)27(29-25)26-10-6-7-15-28-26/h3-11,14-16,18,22,30H,2,12-13,17H2,1H3. The van der Waals surface area contributed by atoms with E-state index in [1.165, 1.54) is 0 Å². The second-order valence-corrected chi connectivity index (χ2v) is 7.81. The van der Waals surface area contributed by atoms with Crippen LogP contribution in [0.25, 0.3) is 33.4 Å². The highest BCUT2D eigenvalue weighted by Gasteiger charge is 2.13. The molecule has 0 spiro atoms. The van der Waals surface area contributed by atoms with Crippen LogP contribution < -0.4 is 0 Å². The number of carbonyl (C=O) groups is 1. The summed E-state index contributed by atoms with van der Waals surface area (Å²) in [4.78, 5) is 21.8. The molecule has 31 heavy (non-hydrogen) atoms. The van der Waals surface area contributed by atoms with Gasteiger partial charge in [-0.05, 0) is 54.3 Å². The van der Waals surface area contributed by atoms with Gasteiger partial charge in [0.1, 0.15) is 5.78 Å². The average molecular weight is 411 g/mol. The molecular formula is C27H26N2O2. The second kappa shape index (κ2) is 9.63. The molecule has 0 radical (unpaired) electrons. The highest BCUT2D eigenvalue weighted by Crippen LogP contribution is 2.32. The van der Waals surface area contributed by atoms with Crippen molar-refractivity contribution in [2.75, 3.05) is 0 Å². The maximum atomic E-state index is 12.4. The van der Waals surface area contributed by atoms with E-state index in [1.54, 1.807) is 6.20 Å². The molecule has 0 aliphatic carbocycles. The number of nitrogens with zero attached hydrogens (tertiary/aromatic N) is 2. The molecule has 4 aromatic rings. The molecule has 2 heterocycles. The molecule has 2 aromatic heterocycles. The van der Waals surface area contributed by atoms with Gasteiger partial charge in [-0.25, -0.2) is 4.98 Å². The highest BCUT2D eigenvalue weighted by atomic mass is 16.3. The Bertz CT molecular complexity index is 1170. The van der Waals surface area contributed by atoms with E-state index >= 15 is 0 Å². The summed E-state index contributed by atoms with van der Waals surface area (Å²) in [5.41, 5.74) is 5.61. The zero-order valence-electron chi connectivity index (χ0n) is 17.7.